The number of nitro benzene ring substituents is 1. The highest BCUT2D eigenvalue weighted by Gasteiger charge is 2.42. The molecular weight excluding hydrogens is 325 g/mol. The van der Waals surface area contributed by atoms with Crippen molar-refractivity contribution in [3.05, 3.63) is 32.8 Å². The van der Waals surface area contributed by atoms with Crippen LogP contribution in [0.15, 0.2) is 12.1 Å². The first-order valence-electron chi connectivity index (χ1n) is 6.58. The average molecular weight is 339 g/mol. The maximum atomic E-state index is 12.8. The molecule has 5 nitrogen and oxygen atoms in total. The summed E-state index contributed by atoms with van der Waals surface area (Å²) < 4.78 is 38.3. The van der Waals surface area contributed by atoms with E-state index in [4.69, 9.17) is 16.7 Å². The molecule has 2 N–H and O–H groups in total. The van der Waals surface area contributed by atoms with Crippen LogP contribution in [0, 0.1) is 15.5 Å². The van der Waals surface area contributed by atoms with Crippen LogP contribution >= 0.6 is 11.6 Å². The van der Waals surface area contributed by atoms with Gasteiger partial charge in [0.05, 0.1) is 15.5 Å². The van der Waals surface area contributed by atoms with Crippen LogP contribution in [0.5, 0.6) is 0 Å². The summed E-state index contributed by atoms with van der Waals surface area (Å²) in [4.78, 5) is 10.1. The number of nitro groups is 1. The van der Waals surface area contributed by atoms with E-state index in [0.29, 0.717) is 19.0 Å². The molecule has 1 aromatic rings. The third-order valence-corrected chi connectivity index (χ3v) is 4.15. The molecule has 1 aliphatic carbocycles. The number of nitrogens with one attached hydrogen (secondary N) is 1. The second-order valence-electron chi connectivity index (χ2n) is 5.43. The molecule has 0 radical (unpaired) electrons. The lowest BCUT2D eigenvalue weighted by Gasteiger charge is -2.17. The molecule has 1 aliphatic rings. The Morgan fingerprint density at radius 1 is 1.41 bits per heavy atom. The summed E-state index contributed by atoms with van der Waals surface area (Å²) in [5, 5.41) is 22.2. The molecule has 0 bridgehead atoms. The van der Waals surface area contributed by atoms with Gasteiger partial charge in [0.25, 0.3) is 5.69 Å². The van der Waals surface area contributed by atoms with E-state index in [2.05, 4.69) is 5.32 Å². The van der Waals surface area contributed by atoms with Crippen molar-refractivity contribution in [3.8, 4) is 0 Å². The summed E-state index contributed by atoms with van der Waals surface area (Å²) in [7, 11) is 0. The van der Waals surface area contributed by atoms with Gasteiger partial charge in [-0.25, -0.2) is 0 Å². The first kappa shape index (κ1) is 16.8. The zero-order chi connectivity index (χ0) is 16.5. The predicted octanol–water partition coefficient (Wildman–Crippen LogP) is 3.84. The Hall–Kier alpha value is -1.54. The number of anilines is 1. The number of rotatable bonds is 6. The van der Waals surface area contributed by atoms with Gasteiger partial charge in [-0.15, -0.1) is 0 Å². The molecule has 9 heteroatoms. The summed E-state index contributed by atoms with van der Waals surface area (Å²) in [6.07, 6.45) is -2.48. The minimum absolute atomic E-state index is 0.00244. The molecule has 1 fully saturated rings. The van der Waals surface area contributed by atoms with Gasteiger partial charge in [-0.3, -0.25) is 10.1 Å². The molecule has 0 atom stereocenters. The molecule has 0 unspecified atom stereocenters. The molecular formula is C13H14ClF3N2O3. The highest BCUT2D eigenvalue weighted by Crippen LogP contribution is 2.49. The van der Waals surface area contributed by atoms with Crippen molar-refractivity contribution >= 4 is 23.0 Å². The second-order valence-corrected chi connectivity index (χ2v) is 5.84. The number of aliphatic hydroxyl groups is 1. The molecule has 2 rings (SSSR count). The summed E-state index contributed by atoms with van der Waals surface area (Å²) >= 11 is 5.59. The summed E-state index contributed by atoms with van der Waals surface area (Å²) in [6, 6.07) is 1.37. The predicted molar refractivity (Wildman–Crippen MR) is 75.0 cm³/mol. The molecule has 0 aromatic heterocycles. The highest BCUT2D eigenvalue weighted by molar-refractivity contribution is 6.31. The fourth-order valence-corrected chi connectivity index (χ4v) is 2.55. The molecule has 0 amide bonds. The maximum Gasteiger partial charge on any atom is 0.418 e. The third kappa shape index (κ3) is 3.61. The van der Waals surface area contributed by atoms with E-state index in [0.717, 1.165) is 18.9 Å². The van der Waals surface area contributed by atoms with Crippen LogP contribution in [0.3, 0.4) is 0 Å². The topological polar surface area (TPSA) is 75.4 Å². The summed E-state index contributed by atoms with van der Waals surface area (Å²) in [5.74, 6) is 0. The zero-order valence-corrected chi connectivity index (χ0v) is 12.2. The van der Waals surface area contributed by atoms with Crippen molar-refractivity contribution in [3.63, 3.8) is 0 Å². The van der Waals surface area contributed by atoms with Crippen LogP contribution in [-0.4, -0.2) is 23.2 Å². The molecule has 0 heterocycles. The van der Waals surface area contributed by atoms with E-state index in [1.165, 1.54) is 0 Å². The van der Waals surface area contributed by atoms with Crippen molar-refractivity contribution in [2.45, 2.75) is 25.4 Å². The summed E-state index contributed by atoms with van der Waals surface area (Å²) in [6.45, 7) is 0.341. The van der Waals surface area contributed by atoms with Crippen molar-refractivity contribution in [2.75, 3.05) is 18.5 Å². The number of halogens is 4. The normalized spacial score (nSPS) is 16.4. The van der Waals surface area contributed by atoms with E-state index in [9.17, 15) is 23.3 Å². The number of hydrogen-bond acceptors (Lipinski definition) is 4. The molecule has 0 aliphatic heterocycles. The quantitative estimate of drug-likeness (QED) is 0.610. The maximum absolute atomic E-state index is 12.8. The Kier molecular flexibility index (Phi) is 4.53. The van der Waals surface area contributed by atoms with Crippen molar-refractivity contribution in [1.29, 1.82) is 0 Å². The minimum Gasteiger partial charge on any atom is -0.396 e. The van der Waals surface area contributed by atoms with Gasteiger partial charge in [0.15, 0.2) is 0 Å². The molecule has 0 spiro atoms. The van der Waals surface area contributed by atoms with Crippen molar-refractivity contribution in [2.24, 2.45) is 5.41 Å². The van der Waals surface area contributed by atoms with Crippen LogP contribution in [0.2, 0.25) is 5.02 Å². The fraction of sp³-hybridized carbons (Fsp3) is 0.538. The zero-order valence-electron chi connectivity index (χ0n) is 11.4. The van der Waals surface area contributed by atoms with Crippen molar-refractivity contribution < 1.29 is 23.2 Å². The van der Waals surface area contributed by atoms with Crippen LogP contribution in [0.25, 0.3) is 0 Å². The minimum atomic E-state index is -4.75. The lowest BCUT2D eigenvalue weighted by Crippen LogP contribution is -2.18. The van der Waals surface area contributed by atoms with Crippen LogP contribution in [0.1, 0.15) is 24.8 Å². The standard InChI is InChI=1S/C13H14ClF3N2O3/c14-9-6-10(18-7-12(1-2-12)3-4-20)11(19(21)22)5-8(9)13(15,16)17/h5-6,18,20H,1-4,7H2. The number of alkyl halides is 3. The number of hydrogen-bond donors (Lipinski definition) is 2. The molecule has 122 valence electrons. The highest BCUT2D eigenvalue weighted by atomic mass is 35.5. The number of nitrogens with zero attached hydrogens (tertiary/aromatic N) is 1. The molecule has 0 saturated heterocycles. The van der Waals surface area contributed by atoms with E-state index in [-0.39, 0.29) is 17.7 Å². The second kappa shape index (κ2) is 5.92. The van der Waals surface area contributed by atoms with Gasteiger partial charge < -0.3 is 10.4 Å². The first-order chi connectivity index (χ1) is 10.2. The molecule has 1 aromatic carbocycles. The van der Waals surface area contributed by atoms with Gasteiger partial charge >= 0.3 is 6.18 Å². The SMILES string of the molecule is O=[N+]([O-])c1cc(C(F)(F)F)c(Cl)cc1NCC1(CCO)CC1. The fourth-order valence-electron chi connectivity index (χ4n) is 2.28. The lowest BCUT2D eigenvalue weighted by atomic mass is 10.0. The number of aliphatic hydroxyl groups excluding tert-OH is 1. The van der Waals surface area contributed by atoms with E-state index in [1.807, 2.05) is 0 Å². The van der Waals surface area contributed by atoms with E-state index < -0.39 is 27.4 Å². The Balaban J connectivity index is 2.27. The van der Waals surface area contributed by atoms with Gasteiger partial charge in [0, 0.05) is 19.2 Å². The monoisotopic (exact) mass is 338 g/mol. The van der Waals surface area contributed by atoms with Crippen LogP contribution in [-0.2, 0) is 6.18 Å². The Bertz CT molecular complexity index is 589. The smallest absolute Gasteiger partial charge is 0.396 e. The third-order valence-electron chi connectivity index (χ3n) is 3.84. The van der Waals surface area contributed by atoms with Gasteiger partial charge in [-0.1, -0.05) is 11.6 Å². The Morgan fingerprint density at radius 2 is 2.05 bits per heavy atom. The summed E-state index contributed by atoms with van der Waals surface area (Å²) in [5.41, 5.74) is -2.09. The first-order valence-corrected chi connectivity index (χ1v) is 6.96. The molecule has 22 heavy (non-hydrogen) atoms. The van der Waals surface area contributed by atoms with E-state index in [1.54, 1.807) is 0 Å². The average Bonchev–Trinajstić information content (AvgIpc) is 3.15. The Labute approximate surface area is 129 Å². The Morgan fingerprint density at radius 3 is 2.50 bits per heavy atom. The van der Waals surface area contributed by atoms with Gasteiger partial charge in [0.2, 0.25) is 0 Å². The van der Waals surface area contributed by atoms with Gasteiger partial charge in [-0.2, -0.15) is 13.2 Å². The van der Waals surface area contributed by atoms with Gasteiger partial charge in [0.1, 0.15) is 5.69 Å². The van der Waals surface area contributed by atoms with Gasteiger partial charge in [-0.05, 0) is 30.7 Å². The molecule has 1 saturated carbocycles. The van der Waals surface area contributed by atoms with E-state index >= 15 is 0 Å². The number of benzene rings is 1. The van der Waals surface area contributed by atoms with Crippen LogP contribution < -0.4 is 5.32 Å². The lowest BCUT2D eigenvalue weighted by molar-refractivity contribution is -0.384. The largest absolute Gasteiger partial charge is 0.418 e. The van der Waals surface area contributed by atoms with Crippen molar-refractivity contribution in [1.82, 2.24) is 0 Å². The van der Waals surface area contributed by atoms with Crippen LogP contribution in [0.4, 0.5) is 24.5 Å².